The van der Waals surface area contributed by atoms with Gasteiger partial charge in [-0.2, -0.15) is 18.0 Å². The summed E-state index contributed by atoms with van der Waals surface area (Å²) in [5.41, 5.74) is 0. The van der Waals surface area contributed by atoms with E-state index < -0.39 is 10.2 Å². The zero-order valence-electron chi connectivity index (χ0n) is 8.23. The molecule has 1 heterocycles. The highest BCUT2D eigenvalue weighted by Gasteiger charge is 2.26. The van der Waals surface area contributed by atoms with Gasteiger partial charge in [-0.1, -0.05) is 6.92 Å². The molecule has 0 radical (unpaired) electrons. The van der Waals surface area contributed by atoms with Gasteiger partial charge in [-0.25, -0.2) is 4.72 Å². The standard InChI is InChI=1S/C8H15N3O2S/c1-2-10-14(12,13)11-5-3-8(7-9)4-6-11/h8,10H,2-6H2,1H3. The first-order chi connectivity index (χ1) is 6.60. The number of nitrogens with zero attached hydrogens (tertiary/aromatic N) is 2. The molecule has 0 unspecified atom stereocenters. The van der Waals surface area contributed by atoms with E-state index in [1.54, 1.807) is 6.92 Å². The summed E-state index contributed by atoms with van der Waals surface area (Å²) in [7, 11) is -3.29. The first-order valence-corrected chi connectivity index (χ1v) is 6.18. The Morgan fingerprint density at radius 2 is 2.07 bits per heavy atom. The van der Waals surface area contributed by atoms with E-state index in [1.165, 1.54) is 4.31 Å². The SMILES string of the molecule is CCNS(=O)(=O)N1CCC(C#N)CC1. The first-order valence-electron chi connectivity index (χ1n) is 4.74. The predicted molar refractivity (Wildman–Crippen MR) is 52.5 cm³/mol. The van der Waals surface area contributed by atoms with E-state index in [0.29, 0.717) is 32.5 Å². The van der Waals surface area contributed by atoms with E-state index >= 15 is 0 Å². The van der Waals surface area contributed by atoms with Crippen molar-refractivity contribution in [3.8, 4) is 6.07 Å². The zero-order chi connectivity index (χ0) is 10.6. The average Bonchev–Trinajstić information content (AvgIpc) is 2.18. The highest BCUT2D eigenvalue weighted by molar-refractivity contribution is 7.87. The Morgan fingerprint density at radius 1 is 1.50 bits per heavy atom. The van der Waals surface area contributed by atoms with E-state index in [9.17, 15) is 8.42 Å². The lowest BCUT2D eigenvalue weighted by Gasteiger charge is -2.27. The van der Waals surface area contributed by atoms with Gasteiger partial charge in [0.05, 0.1) is 6.07 Å². The molecule has 80 valence electrons. The van der Waals surface area contributed by atoms with Crippen LogP contribution in [0.15, 0.2) is 0 Å². The van der Waals surface area contributed by atoms with E-state index in [-0.39, 0.29) is 5.92 Å². The Bertz CT molecular complexity index is 312. The number of piperidine rings is 1. The van der Waals surface area contributed by atoms with Crippen molar-refractivity contribution >= 4 is 10.2 Å². The van der Waals surface area contributed by atoms with Crippen molar-refractivity contribution in [1.29, 1.82) is 5.26 Å². The highest BCUT2D eigenvalue weighted by Crippen LogP contribution is 2.17. The number of nitrogens with one attached hydrogen (secondary N) is 1. The van der Waals surface area contributed by atoms with Gasteiger partial charge in [0, 0.05) is 25.6 Å². The first kappa shape index (κ1) is 11.4. The fourth-order valence-electron chi connectivity index (χ4n) is 1.50. The van der Waals surface area contributed by atoms with Crippen LogP contribution in [-0.4, -0.2) is 32.4 Å². The van der Waals surface area contributed by atoms with E-state index in [0.717, 1.165) is 0 Å². The van der Waals surface area contributed by atoms with Crippen LogP contribution in [0.4, 0.5) is 0 Å². The summed E-state index contributed by atoms with van der Waals surface area (Å²) in [6, 6.07) is 2.17. The molecule has 6 heteroatoms. The van der Waals surface area contributed by atoms with Crippen molar-refractivity contribution < 1.29 is 8.42 Å². The maximum atomic E-state index is 11.5. The molecule has 1 aliphatic heterocycles. The molecule has 0 amide bonds. The fraction of sp³-hybridized carbons (Fsp3) is 0.875. The second-order valence-electron chi connectivity index (χ2n) is 3.31. The Labute approximate surface area is 84.9 Å². The summed E-state index contributed by atoms with van der Waals surface area (Å²) >= 11 is 0. The van der Waals surface area contributed by atoms with Crippen LogP contribution in [0.3, 0.4) is 0 Å². The maximum Gasteiger partial charge on any atom is 0.279 e. The molecule has 0 saturated carbocycles. The molecule has 0 bridgehead atoms. The Hall–Kier alpha value is -0.640. The molecule has 1 saturated heterocycles. The lowest BCUT2D eigenvalue weighted by Crippen LogP contribution is -2.44. The van der Waals surface area contributed by atoms with Gasteiger partial charge in [0.15, 0.2) is 0 Å². The van der Waals surface area contributed by atoms with Crippen LogP contribution >= 0.6 is 0 Å². The molecule has 0 aromatic heterocycles. The van der Waals surface area contributed by atoms with E-state index in [1.807, 2.05) is 0 Å². The average molecular weight is 217 g/mol. The molecule has 0 aromatic rings. The van der Waals surface area contributed by atoms with Gasteiger partial charge in [0.1, 0.15) is 0 Å². The van der Waals surface area contributed by atoms with Crippen LogP contribution in [0, 0.1) is 17.2 Å². The van der Waals surface area contributed by atoms with Crippen LogP contribution in [0.25, 0.3) is 0 Å². The van der Waals surface area contributed by atoms with E-state index in [4.69, 9.17) is 5.26 Å². The van der Waals surface area contributed by atoms with Gasteiger partial charge in [0.25, 0.3) is 10.2 Å². The van der Waals surface area contributed by atoms with Crippen LogP contribution < -0.4 is 4.72 Å². The lowest BCUT2D eigenvalue weighted by molar-refractivity contribution is 0.306. The molecule has 1 aliphatic rings. The van der Waals surface area contributed by atoms with Crippen molar-refractivity contribution in [2.75, 3.05) is 19.6 Å². The van der Waals surface area contributed by atoms with Crippen molar-refractivity contribution in [3.05, 3.63) is 0 Å². The molecule has 14 heavy (non-hydrogen) atoms. The Balaban J connectivity index is 2.54. The molecular weight excluding hydrogens is 202 g/mol. The summed E-state index contributed by atoms with van der Waals surface area (Å²) in [6.07, 6.45) is 1.28. The van der Waals surface area contributed by atoms with Gasteiger partial charge in [0.2, 0.25) is 0 Å². The zero-order valence-corrected chi connectivity index (χ0v) is 9.05. The van der Waals surface area contributed by atoms with Gasteiger partial charge >= 0.3 is 0 Å². The molecule has 0 aromatic carbocycles. The maximum absolute atomic E-state index is 11.5. The normalized spacial score (nSPS) is 20.6. The predicted octanol–water partition coefficient (Wildman–Crippen LogP) is 0.0763. The van der Waals surface area contributed by atoms with Gasteiger partial charge < -0.3 is 0 Å². The van der Waals surface area contributed by atoms with Crippen LogP contribution in [0.5, 0.6) is 0 Å². The summed E-state index contributed by atoms with van der Waals surface area (Å²) in [4.78, 5) is 0. The minimum absolute atomic E-state index is 0.0167. The van der Waals surface area contributed by atoms with Gasteiger partial charge in [-0.3, -0.25) is 0 Å². The molecule has 1 N–H and O–H groups in total. The molecule has 1 rings (SSSR count). The lowest BCUT2D eigenvalue weighted by atomic mass is 10.0. The summed E-state index contributed by atoms with van der Waals surface area (Å²) in [5, 5.41) is 8.65. The quantitative estimate of drug-likeness (QED) is 0.727. The largest absolute Gasteiger partial charge is 0.279 e. The van der Waals surface area contributed by atoms with Crippen molar-refractivity contribution in [2.45, 2.75) is 19.8 Å². The van der Waals surface area contributed by atoms with Crippen LogP contribution in [-0.2, 0) is 10.2 Å². The van der Waals surface area contributed by atoms with Crippen molar-refractivity contribution in [3.63, 3.8) is 0 Å². The number of hydrogen-bond donors (Lipinski definition) is 1. The third kappa shape index (κ3) is 2.67. The van der Waals surface area contributed by atoms with Gasteiger partial charge in [-0.05, 0) is 12.8 Å². The fourth-order valence-corrected chi connectivity index (χ4v) is 2.74. The molecule has 1 fully saturated rings. The highest BCUT2D eigenvalue weighted by atomic mass is 32.2. The second kappa shape index (κ2) is 4.73. The number of rotatable bonds is 3. The van der Waals surface area contributed by atoms with Crippen LogP contribution in [0.1, 0.15) is 19.8 Å². The minimum atomic E-state index is -3.29. The topological polar surface area (TPSA) is 73.2 Å². The number of hydrogen-bond acceptors (Lipinski definition) is 3. The molecule has 0 aliphatic carbocycles. The molecule has 0 atom stereocenters. The summed E-state index contributed by atoms with van der Waals surface area (Å²) in [6.45, 7) is 3.06. The summed E-state index contributed by atoms with van der Waals surface area (Å²) < 4.78 is 26.9. The van der Waals surface area contributed by atoms with E-state index in [2.05, 4.69) is 10.8 Å². The third-order valence-electron chi connectivity index (χ3n) is 2.30. The third-order valence-corrected chi connectivity index (χ3v) is 4.00. The molecular formula is C8H15N3O2S. The van der Waals surface area contributed by atoms with Crippen LogP contribution in [0.2, 0.25) is 0 Å². The summed E-state index contributed by atoms with van der Waals surface area (Å²) in [5.74, 6) is 0.0167. The van der Waals surface area contributed by atoms with Gasteiger partial charge in [-0.15, -0.1) is 0 Å². The monoisotopic (exact) mass is 217 g/mol. The smallest absolute Gasteiger partial charge is 0.202 e. The van der Waals surface area contributed by atoms with Crippen molar-refractivity contribution in [2.24, 2.45) is 5.92 Å². The minimum Gasteiger partial charge on any atom is -0.202 e. The Morgan fingerprint density at radius 3 is 2.50 bits per heavy atom. The number of nitriles is 1. The molecule has 5 nitrogen and oxygen atoms in total. The Kier molecular flexibility index (Phi) is 3.86. The second-order valence-corrected chi connectivity index (χ2v) is 5.06. The van der Waals surface area contributed by atoms with Crippen molar-refractivity contribution in [1.82, 2.24) is 9.03 Å². The molecule has 0 spiro atoms.